The highest BCUT2D eigenvalue weighted by Gasteiger charge is 2.24. The summed E-state index contributed by atoms with van der Waals surface area (Å²) < 4.78 is 14.1. The third-order valence-corrected chi connectivity index (χ3v) is 6.20. The van der Waals surface area contributed by atoms with E-state index in [2.05, 4.69) is 20.4 Å². The van der Waals surface area contributed by atoms with Crippen molar-refractivity contribution in [3.63, 3.8) is 0 Å². The Bertz CT molecular complexity index is 837. The molecule has 1 aromatic carbocycles. The number of benzene rings is 1. The number of halogens is 1. The Morgan fingerprint density at radius 1 is 1.25 bits per heavy atom. The summed E-state index contributed by atoms with van der Waals surface area (Å²) in [5.74, 6) is -0.293. The SMILES string of the molecule is CC(C)NC(=O)CSc1nnc(N2CCN(C(=O)c3cccc(F)c3)CC2)s1. The van der Waals surface area contributed by atoms with Crippen LogP contribution >= 0.6 is 23.1 Å². The van der Waals surface area contributed by atoms with Crippen LogP contribution in [0.15, 0.2) is 28.6 Å². The molecule has 1 saturated heterocycles. The van der Waals surface area contributed by atoms with Gasteiger partial charge in [-0.3, -0.25) is 9.59 Å². The molecule has 0 aliphatic carbocycles. The molecule has 0 radical (unpaired) electrons. The molecule has 3 rings (SSSR count). The molecule has 1 aromatic heterocycles. The van der Waals surface area contributed by atoms with Gasteiger partial charge in [-0.1, -0.05) is 29.2 Å². The second-order valence-electron chi connectivity index (χ2n) is 6.65. The van der Waals surface area contributed by atoms with Gasteiger partial charge in [0.2, 0.25) is 11.0 Å². The van der Waals surface area contributed by atoms with E-state index in [1.807, 2.05) is 13.8 Å². The number of aromatic nitrogens is 2. The minimum atomic E-state index is -0.412. The number of piperazine rings is 1. The Morgan fingerprint density at radius 3 is 2.68 bits per heavy atom. The quantitative estimate of drug-likeness (QED) is 0.718. The van der Waals surface area contributed by atoms with E-state index in [-0.39, 0.29) is 17.9 Å². The lowest BCUT2D eigenvalue weighted by atomic mass is 10.2. The molecule has 7 nitrogen and oxygen atoms in total. The lowest BCUT2D eigenvalue weighted by molar-refractivity contribution is -0.119. The van der Waals surface area contributed by atoms with Crippen LogP contribution in [0.1, 0.15) is 24.2 Å². The maximum atomic E-state index is 13.3. The zero-order chi connectivity index (χ0) is 20.1. The highest BCUT2D eigenvalue weighted by atomic mass is 32.2. The van der Waals surface area contributed by atoms with E-state index in [9.17, 15) is 14.0 Å². The summed E-state index contributed by atoms with van der Waals surface area (Å²) in [7, 11) is 0. The first-order chi connectivity index (χ1) is 13.4. The van der Waals surface area contributed by atoms with Crippen LogP contribution in [0.4, 0.5) is 9.52 Å². The van der Waals surface area contributed by atoms with Gasteiger partial charge < -0.3 is 15.1 Å². The first-order valence-corrected chi connectivity index (χ1v) is 10.8. The molecular weight excluding hydrogens is 401 g/mol. The first kappa shape index (κ1) is 20.5. The average Bonchev–Trinajstić information content (AvgIpc) is 3.14. The van der Waals surface area contributed by atoms with Gasteiger partial charge in [-0.15, -0.1) is 10.2 Å². The standard InChI is InChI=1S/C18H22FN5O2S2/c1-12(2)20-15(25)11-27-18-22-21-17(28-18)24-8-6-23(7-9-24)16(26)13-4-3-5-14(19)10-13/h3-5,10,12H,6-9,11H2,1-2H3,(H,20,25). The number of nitrogens with zero attached hydrogens (tertiary/aromatic N) is 4. The Morgan fingerprint density at radius 2 is 2.00 bits per heavy atom. The Hall–Kier alpha value is -2.20. The van der Waals surface area contributed by atoms with Gasteiger partial charge in [-0.05, 0) is 32.0 Å². The molecule has 10 heteroatoms. The molecule has 2 amide bonds. The van der Waals surface area contributed by atoms with Crippen molar-refractivity contribution in [1.82, 2.24) is 20.4 Å². The van der Waals surface area contributed by atoms with Crippen LogP contribution in [0.2, 0.25) is 0 Å². The average molecular weight is 424 g/mol. The highest BCUT2D eigenvalue weighted by Crippen LogP contribution is 2.28. The lowest BCUT2D eigenvalue weighted by Gasteiger charge is -2.34. The number of nitrogens with one attached hydrogen (secondary N) is 1. The van der Waals surface area contributed by atoms with Crippen molar-refractivity contribution in [3.8, 4) is 0 Å². The fourth-order valence-electron chi connectivity index (χ4n) is 2.78. The number of carbonyl (C=O) groups excluding carboxylic acids is 2. The summed E-state index contributed by atoms with van der Waals surface area (Å²) >= 11 is 2.81. The molecule has 1 fully saturated rings. The number of hydrogen-bond acceptors (Lipinski definition) is 7. The number of rotatable bonds is 6. The molecule has 28 heavy (non-hydrogen) atoms. The van der Waals surface area contributed by atoms with Gasteiger partial charge in [-0.2, -0.15) is 0 Å². The largest absolute Gasteiger partial charge is 0.353 e. The Balaban J connectivity index is 1.50. The topological polar surface area (TPSA) is 78.4 Å². The van der Waals surface area contributed by atoms with E-state index < -0.39 is 5.82 Å². The predicted molar refractivity (Wildman–Crippen MR) is 108 cm³/mol. The monoisotopic (exact) mass is 423 g/mol. The van der Waals surface area contributed by atoms with Gasteiger partial charge in [0.25, 0.3) is 5.91 Å². The minimum absolute atomic E-state index is 0.0266. The van der Waals surface area contributed by atoms with Gasteiger partial charge in [0.15, 0.2) is 4.34 Å². The molecule has 2 heterocycles. The number of hydrogen-bond donors (Lipinski definition) is 1. The number of thioether (sulfide) groups is 1. The molecule has 150 valence electrons. The van der Waals surface area contributed by atoms with Gasteiger partial charge in [0, 0.05) is 37.8 Å². The molecule has 1 aliphatic rings. The number of carbonyl (C=O) groups is 2. The lowest BCUT2D eigenvalue weighted by Crippen LogP contribution is -2.48. The molecule has 0 unspecified atom stereocenters. The van der Waals surface area contributed by atoms with E-state index in [0.717, 1.165) is 9.47 Å². The van der Waals surface area contributed by atoms with Crippen LogP contribution in [0, 0.1) is 5.82 Å². The van der Waals surface area contributed by atoms with Crippen LogP contribution < -0.4 is 10.2 Å². The van der Waals surface area contributed by atoms with E-state index in [4.69, 9.17) is 0 Å². The van der Waals surface area contributed by atoms with Gasteiger partial charge in [0.1, 0.15) is 5.82 Å². The van der Waals surface area contributed by atoms with E-state index in [1.165, 1.54) is 35.2 Å². The summed E-state index contributed by atoms with van der Waals surface area (Å²) in [5, 5.41) is 12.0. The smallest absolute Gasteiger partial charge is 0.254 e. The molecule has 0 bridgehead atoms. The van der Waals surface area contributed by atoms with Crippen molar-refractivity contribution >= 4 is 40.0 Å². The molecular formula is C18H22FN5O2S2. The summed E-state index contributed by atoms with van der Waals surface area (Å²) in [5.41, 5.74) is 0.364. The fraction of sp³-hybridized carbons (Fsp3) is 0.444. The molecule has 0 saturated carbocycles. The second-order valence-corrected chi connectivity index (χ2v) is 8.83. The summed E-state index contributed by atoms with van der Waals surface area (Å²) in [6.07, 6.45) is 0. The summed E-state index contributed by atoms with van der Waals surface area (Å²) in [6, 6.07) is 5.87. The van der Waals surface area contributed by atoms with Crippen molar-refractivity contribution < 1.29 is 14.0 Å². The molecule has 2 aromatic rings. The molecule has 0 atom stereocenters. The maximum Gasteiger partial charge on any atom is 0.254 e. The normalized spacial score (nSPS) is 14.4. The third kappa shape index (κ3) is 5.41. The van der Waals surface area contributed by atoms with E-state index in [0.29, 0.717) is 37.5 Å². The van der Waals surface area contributed by atoms with Crippen molar-refractivity contribution in [2.45, 2.75) is 24.2 Å². The number of anilines is 1. The highest BCUT2D eigenvalue weighted by molar-refractivity contribution is 8.01. The third-order valence-electron chi connectivity index (χ3n) is 4.08. The minimum Gasteiger partial charge on any atom is -0.353 e. The van der Waals surface area contributed by atoms with Crippen molar-refractivity contribution in [2.24, 2.45) is 0 Å². The Kier molecular flexibility index (Phi) is 6.84. The van der Waals surface area contributed by atoms with Crippen LogP contribution in [0.25, 0.3) is 0 Å². The van der Waals surface area contributed by atoms with Gasteiger partial charge in [-0.25, -0.2) is 4.39 Å². The van der Waals surface area contributed by atoms with Crippen molar-refractivity contribution in [1.29, 1.82) is 0 Å². The van der Waals surface area contributed by atoms with Crippen LogP contribution in [-0.2, 0) is 4.79 Å². The molecule has 1 aliphatic heterocycles. The predicted octanol–water partition coefficient (Wildman–Crippen LogP) is 2.26. The van der Waals surface area contributed by atoms with Crippen molar-refractivity contribution in [2.75, 3.05) is 36.8 Å². The zero-order valence-electron chi connectivity index (χ0n) is 15.7. The Labute approximate surface area is 171 Å². The summed E-state index contributed by atoms with van der Waals surface area (Å²) in [6.45, 7) is 6.18. The maximum absolute atomic E-state index is 13.3. The van der Waals surface area contributed by atoms with Gasteiger partial charge >= 0.3 is 0 Å². The van der Waals surface area contributed by atoms with E-state index in [1.54, 1.807) is 17.0 Å². The van der Waals surface area contributed by atoms with Crippen LogP contribution in [0.5, 0.6) is 0 Å². The molecule has 1 N–H and O–H groups in total. The number of amides is 2. The van der Waals surface area contributed by atoms with Crippen LogP contribution in [0.3, 0.4) is 0 Å². The fourth-order valence-corrected chi connectivity index (χ4v) is 4.49. The molecule has 0 spiro atoms. The zero-order valence-corrected chi connectivity index (χ0v) is 17.4. The van der Waals surface area contributed by atoms with Crippen molar-refractivity contribution in [3.05, 3.63) is 35.6 Å². The van der Waals surface area contributed by atoms with E-state index >= 15 is 0 Å². The van der Waals surface area contributed by atoms with Crippen LogP contribution in [-0.4, -0.2) is 64.9 Å². The summed E-state index contributed by atoms with van der Waals surface area (Å²) in [4.78, 5) is 28.0. The first-order valence-electron chi connectivity index (χ1n) is 8.98. The second kappa shape index (κ2) is 9.33. The van der Waals surface area contributed by atoms with Gasteiger partial charge in [0.05, 0.1) is 5.75 Å².